The number of amides is 1. The normalized spacial score (nSPS) is 15.8. The van der Waals surface area contributed by atoms with Crippen molar-refractivity contribution in [3.8, 4) is 0 Å². The minimum atomic E-state index is 0.690. The number of nitrogens with zero attached hydrogens (tertiary/aromatic N) is 1. The van der Waals surface area contributed by atoms with Gasteiger partial charge in [0.15, 0.2) is 0 Å². The summed E-state index contributed by atoms with van der Waals surface area (Å²) in [5.41, 5.74) is 0. The maximum Gasteiger partial charge on any atom is 0.217 e. The lowest BCUT2D eigenvalue weighted by Gasteiger charge is -2.06. The van der Waals surface area contributed by atoms with Gasteiger partial charge in [-0.3, -0.25) is 9.69 Å². The van der Waals surface area contributed by atoms with Crippen molar-refractivity contribution in [2.24, 2.45) is 0 Å². The Morgan fingerprint density at radius 2 is 2.00 bits per heavy atom. The zero-order valence-corrected chi connectivity index (χ0v) is 4.15. The molecule has 0 aromatic rings. The van der Waals surface area contributed by atoms with Gasteiger partial charge in [-0.05, 0) is 0 Å². The first-order valence-corrected chi connectivity index (χ1v) is 2.15. The molecule has 1 rings (SSSR count). The minimum Gasteiger partial charge on any atom is -0.470 e. The first kappa shape index (κ1) is 4.90. The summed E-state index contributed by atoms with van der Waals surface area (Å²) in [4.78, 5) is 11.3. The molecule has 0 unspecified atom stereocenters. The number of ether oxygens (including phenoxy) is 1. The molecule has 0 aliphatic carbocycles. The minimum absolute atomic E-state index is 0.690. The lowest BCUT2D eigenvalue weighted by molar-refractivity contribution is -0.114. The summed E-state index contributed by atoms with van der Waals surface area (Å²) in [7, 11) is 0. The average Bonchev–Trinajstić information content (AvgIpc) is 1.90. The molecule has 0 spiro atoms. The van der Waals surface area contributed by atoms with Gasteiger partial charge in [0.25, 0.3) is 0 Å². The van der Waals surface area contributed by atoms with E-state index < -0.39 is 0 Å². The first-order valence-electron chi connectivity index (χ1n) is 2.15. The molecular weight excluding hydrogens is 106 g/mol. The van der Waals surface area contributed by atoms with Gasteiger partial charge in [-0.15, -0.1) is 0 Å². The van der Waals surface area contributed by atoms with Gasteiger partial charge in [0, 0.05) is 12.4 Å². The molecule has 8 heavy (non-hydrogen) atoms. The van der Waals surface area contributed by atoms with Crippen molar-refractivity contribution in [2.45, 2.75) is 0 Å². The van der Waals surface area contributed by atoms with Gasteiger partial charge in [-0.1, -0.05) is 0 Å². The Hall–Kier alpha value is -1.25. The summed E-state index contributed by atoms with van der Waals surface area (Å²) in [6.07, 6.45) is 6.58. The quantitative estimate of drug-likeness (QED) is 0.459. The van der Waals surface area contributed by atoms with Crippen molar-refractivity contribution < 1.29 is 9.53 Å². The molecule has 0 aromatic heterocycles. The molecule has 0 fully saturated rings. The largest absolute Gasteiger partial charge is 0.470 e. The van der Waals surface area contributed by atoms with Gasteiger partial charge in [0.2, 0.25) is 6.41 Å². The molecule has 0 saturated heterocycles. The van der Waals surface area contributed by atoms with Crippen molar-refractivity contribution in [2.75, 3.05) is 0 Å². The number of hydrogen-bond acceptors (Lipinski definition) is 2. The maximum absolute atomic E-state index is 9.93. The molecule has 1 aliphatic heterocycles. The Morgan fingerprint density at radius 3 is 2.38 bits per heavy atom. The standard InChI is InChI=1S/C5H5NO2/c7-5-6-1-3-8-4-2-6/h1-5H. The van der Waals surface area contributed by atoms with Gasteiger partial charge in [-0.25, -0.2) is 0 Å². The van der Waals surface area contributed by atoms with Gasteiger partial charge in [0.05, 0.1) is 0 Å². The molecule has 0 atom stereocenters. The van der Waals surface area contributed by atoms with E-state index in [1.165, 1.54) is 29.8 Å². The molecule has 0 aromatic carbocycles. The summed E-state index contributed by atoms with van der Waals surface area (Å²) in [5.74, 6) is 0. The van der Waals surface area contributed by atoms with Crippen LogP contribution in [0.25, 0.3) is 0 Å². The third-order valence-electron chi connectivity index (χ3n) is 0.745. The van der Waals surface area contributed by atoms with Gasteiger partial charge >= 0.3 is 0 Å². The summed E-state index contributed by atoms with van der Waals surface area (Å²) in [6.45, 7) is 0. The Balaban J connectivity index is 2.54. The van der Waals surface area contributed by atoms with E-state index in [4.69, 9.17) is 0 Å². The van der Waals surface area contributed by atoms with E-state index in [1.54, 1.807) is 0 Å². The number of carbonyl (C=O) groups excluding carboxylic acids is 1. The fourth-order valence-electron chi connectivity index (χ4n) is 0.376. The molecular formula is C5H5NO2. The fourth-order valence-corrected chi connectivity index (χ4v) is 0.376. The summed E-state index contributed by atoms with van der Waals surface area (Å²) in [5, 5.41) is 0. The van der Waals surface area contributed by atoms with Crippen LogP contribution in [0.3, 0.4) is 0 Å². The highest BCUT2D eigenvalue weighted by atomic mass is 16.5. The van der Waals surface area contributed by atoms with E-state index in [0.29, 0.717) is 6.41 Å². The lowest BCUT2D eigenvalue weighted by atomic mass is 10.7. The van der Waals surface area contributed by atoms with Crippen LogP contribution < -0.4 is 0 Å². The van der Waals surface area contributed by atoms with E-state index in [9.17, 15) is 4.79 Å². The molecule has 1 aliphatic rings. The van der Waals surface area contributed by atoms with Gasteiger partial charge < -0.3 is 4.74 Å². The smallest absolute Gasteiger partial charge is 0.217 e. The summed E-state index contributed by atoms with van der Waals surface area (Å²) < 4.78 is 4.64. The number of hydrogen-bond donors (Lipinski definition) is 0. The Morgan fingerprint density at radius 1 is 1.38 bits per heavy atom. The SMILES string of the molecule is O=CN1C=COC=C1. The molecule has 0 bridgehead atoms. The van der Waals surface area contributed by atoms with Crippen molar-refractivity contribution in [1.82, 2.24) is 4.90 Å². The van der Waals surface area contributed by atoms with E-state index >= 15 is 0 Å². The molecule has 1 amide bonds. The van der Waals surface area contributed by atoms with E-state index in [-0.39, 0.29) is 0 Å². The van der Waals surface area contributed by atoms with Crippen LogP contribution in [0, 0.1) is 0 Å². The van der Waals surface area contributed by atoms with Crippen LogP contribution in [0.4, 0.5) is 0 Å². The number of rotatable bonds is 1. The molecule has 1 heterocycles. The third-order valence-corrected chi connectivity index (χ3v) is 0.745. The Labute approximate surface area is 46.8 Å². The molecule has 0 radical (unpaired) electrons. The van der Waals surface area contributed by atoms with Crippen LogP contribution in [-0.2, 0) is 9.53 Å². The molecule has 0 saturated carbocycles. The third kappa shape index (κ3) is 0.872. The monoisotopic (exact) mass is 111 g/mol. The zero-order chi connectivity index (χ0) is 5.82. The van der Waals surface area contributed by atoms with Crippen molar-refractivity contribution in [1.29, 1.82) is 0 Å². The zero-order valence-electron chi connectivity index (χ0n) is 4.15. The van der Waals surface area contributed by atoms with E-state index in [1.807, 2.05) is 0 Å². The van der Waals surface area contributed by atoms with Crippen molar-refractivity contribution in [3.05, 3.63) is 24.9 Å². The second-order valence-corrected chi connectivity index (χ2v) is 1.26. The molecule has 42 valence electrons. The second kappa shape index (κ2) is 2.16. The maximum atomic E-state index is 9.93. The lowest BCUT2D eigenvalue weighted by Crippen LogP contribution is -2.07. The van der Waals surface area contributed by atoms with Gasteiger partial charge in [-0.2, -0.15) is 0 Å². The van der Waals surface area contributed by atoms with E-state index in [0.717, 1.165) is 0 Å². The predicted octanol–water partition coefficient (Wildman–Crippen LogP) is 0.417. The van der Waals surface area contributed by atoms with Crippen LogP contribution in [0.5, 0.6) is 0 Å². The van der Waals surface area contributed by atoms with Crippen LogP contribution in [0.2, 0.25) is 0 Å². The predicted molar refractivity (Wildman–Crippen MR) is 27.3 cm³/mol. The van der Waals surface area contributed by atoms with Crippen LogP contribution in [0.15, 0.2) is 24.9 Å². The average molecular weight is 111 g/mol. The van der Waals surface area contributed by atoms with Crippen molar-refractivity contribution >= 4 is 6.41 Å². The highest BCUT2D eigenvalue weighted by Gasteiger charge is 1.91. The summed E-state index contributed by atoms with van der Waals surface area (Å²) in [6, 6.07) is 0. The number of carbonyl (C=O) groups is 1. The summed E-state index contributed by atoms with van der Waals surface area (Å²) >= 11 is 0. The van der Waals surface area contributed by atoms with Crippen LogP contribution >= 0.6 is 0 Å². The Kier molecular flexibility index (Phi) is 1.32. The highest BCUT2D eigenvalue weighted by molar-refractivity contribution is 5.51. The molecule has 0 N–H and O–H groups in total. The van der Waals surface area contributed by atoms with Crippen LogP contribution in [0.1, 0.15) is 0 Å². The molecule has 3 nitrogen and oxygen atoms in total. The van der Waals surface area contributed by atoms with Gasteiger partial charge in [0.1, 0.15) is 12.5 Å². The highest BCUT2D eigenvalue weighted by Crippen LogP contribution is 1.94. The van der Waals surface area contributed by atoms with E-state index in [2.05, 4.69) is 4.74 Å². The fraction of sp³-hybridized carbons (Fsp3) is 0. The van der Waals surface area contributed by atoms with Crippen LogP contribution in [-0.4, -0.2) is 11.3 Å². The van der Waals surface area contributed by atoms with Crippen molar-refractivity contribution in [3.63, 3.8) is 0 Å². The topological polar surface area (TPSA) is 29.5 Å². The molecule has 3 heteroatoms. The Bertz CT molecular complexity index is 127. The second-order valence-electron chi connectivity index (χ2n) is 1.26. The first-order chi connectivity index (χ1) is 3.93.